The number of fused-ring (bicyclic) bond motifs is 1. The van der Waals surface area contributed by atoms with Gasteiger partial charge in [0, 0.05) is 0 Å². The summed E-state index contributed by atoms with van der Waals surface area (Å²) < 4.78 is 0. The van der Waals surface area contributed by atoms with E-state index in [1.807, 2.05) is 44.2 Å². The van der Waals surface area contributed by atoms with E-state index >= 15 is 0 Å². The number of imidazole rings is 1. The third-order valence-electron chi connectivity index (χ3n) is 1.84. The second kappa shape index (κ2) is 18.6. The van der Waals surface area contributed by atoms with Gasteiger partial charge in [-0.25, -0.2) is 0 Å². The number of nitrogens with zero attached hydrogens (tertiary/aromatic N) is 2. The summed E-state index contributed by atoms with van der Waals surface area (Å²) in [5.41, 5.74) is 2.01. The maximum absolute atomic E-state index is 3.94. The van der Waals surface area contributed by atoms with Crippen LogP contribution in [0.4, 0.5) is 0 Å². The van der Waals surface area contributed by atoms with E-state index in [-0.39, 0.29) is 52.1 Å². The van der Waals surface area contributed by atoms with Crippen LogP contribution in [0.5, 0.6) is 0 Å². The molecule has 0 unspecified atom stereocenters. The Balaban J connectivity index is -0.000000104. The summed E-state index contributed by atoms with van der Waals surface area (Å²) in [6.07, 6.45) is 7.54. The Morgan fingerprint density at radius 2 is 1.90 bits per heavy atom. The summed E-state index contributed by atoms with van der Waals surface area (Å²) >= 11 is 0. The van der Waals surface area contributed by atoms with Crippen LogP contribution >= 0.6 is 0 Å². The number of H-pyrrole nitrogens is 1. The molecule has 3 rings (SSSR count). The van der Waals surface area contributed by atoms with Gasteiger partial charge in [-0.15, -0.1) is 12.1 Å². The molecule has 1 aliphatic rings. The van der Waals surface area contributed by atoms with Crippen molar-refractivity contribution in [3.63, 3.8) is 0 Å². The van der Waals surface area contributed by atoms with E-state index in [2.05, 4.69) is 27.7 Å². The van der Waals surface area contributed by atoms with Gasteiger partial charge in [0.2, 0.25) is 0 Å². The molecule has 1 aromatic heterocycles. The van der Waals surface area contributed by atoms with Gasteiger partial charge in [-0.3, -0.25) is 12.6 Å². The Morgan fingerprint density at radius 3 is 2.35 bits per heavy atom. The van der Waals surface area contributed by atoms with E-state index in [4.69, 9.17) is 0 Å². The van der Waals surface area contributed by atoms with Gasteiger partial charge in [0.05, 0.1) is 0 Å². The molecule has 2 aromatic rings. The van der Waals surface area contributed by atoms with Gasteiger partial charge in [0.15, 0.2) is 0 Å². The second-order valence-corrected chi connectivity index (χ2v) is 2.84. The molecular formula is C14H20BeN3SW-. The minimum absolute atomic E-state index is 0. The number of hydrogen-bond acceptors (Lipinski definition) is 2. The number of rotatable bonds is 0. The van der Waals surface area contributed by atoms with Crippen molar-refractivity contribution in [1.29, 1.82) is 0 Å². The Hall–Kier alpha value is -0.403. The van der Waals surface area contributed by atoms with Gasteiger partial charge >= 0.3 is 31.2 Å². The first-order valence-corrected chi connectivity index (χ1v) is 5.46. The fraction of sp³-hybridized carbons (Fsp3) is 0.286. The molecule has 0 spiro atoms. The summed E-state index contributed by atoms with van der Waals surface area (Å²) in [6, 6.07) is 7.84. The minimum Gasteiger partial charge on any atom is -0.813 e. The van der Waals surface area contributed by atoms with Crippen LogP contribution in [0.25, 0.3) is 16.4 Å². The van der Waals surface area contributed by atoms with Gasteiger partial charge in [-0.2, -0.15) is 6.54 Å². The number of para-hydroxylation sites is 2. The van der Waals surface area contributed by atoms with Crippen molar-refractivity contribution in [3.8, 4) is 0 Å². The van der Waals surface area contributed by atoms with E-state index in [9.17, 15) is 0 Å². The molecule has 3 nitrogen and oxygen atoms in total. The van der Waals surface area contributed by atoms with Crippen LogP contribution in [0.2, 0.25) is 0 Å². The molecule has 2 heterocycles. The first-order valence-electron chi connectivity index (χ1n) is 5.46. The maximum atomic E-state index is 3.94. The monoisotopic (exact) mass is 455 g/mol. The predicted octanol–water partition coefficient (Wildman–Crippen LogP) is 2.92. The molecule has 1 aliphatic heterocycles. The van der Waals surface area contributed by atoms with Crippen molar-refractivity contribution in [2.24, 2.45) is 0 Å². The molecule has 6 heteroatoms. The molecule has 0 saturated heterocycles. The Kier molecular flexibility index (Phi) is 25.9. The molecule has 0 aliphatic carbocycles. The van der Waals surface area contributed by atoms with Crippen LogP contribution < -0.4 is 0 Å². The third-order valence-corrected chi connectivity index (χ3v) is 1.84. The van der Waals surface area contributed by atoms with Gasteiger partial charge in [0.25, 0.3) is 0 Å². The topological polar surface area (TPSA) is 42.8 Å². The molecule has 0 fully saturated rings. The predicted molar refractivity (Wildman–Crippen MR) is 88.1 cm³/mol. The first kappa shape index (κ1) is 27.9. The van der Waals surface area contributed by atoms with E-state index in [0.717, 1.165) is 24.1 Å². The van der Waals surface area contributed by atoms with Crippen LogP contribution in [-0.4, -0.2) is 33.2 Å². The quantitative estimate of drug-likeness (QED) is 0.288. The van der Waals surface area contributed by atoms with Gasteiger partial charge < -0.3 is 42.3 Å². The number of benzene rings is 1. The fourth-order valence-corrected chi connectivity index (χ4v) is 1.15. The molecule has 0 atom stereocenters. The molecule has 0 radical (unpaired) electrons. The number of aromatic amines is 1. The number of aromatic nitrogens is 2. The van der Waals surface area contributed by atoms with Crippen molar-refractivity contribution in [2.75, 3.05) is 13.1 Å². The zero-order chi connectivity index (χ0) is 11.6. The van der Waals surface area contributed by atoms with Crippen LogP contribution in [0.1, 0.15) is 13.8 Å². The zero-order valence-corrected chi connectivity index (χ0v) is 16.1. The van der Waals surface area contributed by atoms with Gasteiger partial charge in [-0.05, 0) is 6.33 Å². The van der Waals surface area contributed by atoms with Crippen LogP contribution in [0.15, 0.2) is 30.3 Å². The molecule has 0 bridgehead atoms. The first-order chi connectivity index (χ1) is 7.97. The van der Waals surface area contributed by atoms with Crippen molar-refractivity contribution >= 4 is 34.7 Å². The summed E-state index contributed by atoms with van der Waals surface area (Å²) in [4.78, 5) is 6.82. The zero-order valence-electron chi connectivity index (χ0n) is 12.3. The van der Waals surface area contributed by atoms with E-state index in [1.165, 1.54) is 0 Å². The minimum atomic E-state index is 0. The number of thiol groups is 1. The van der Waals surface area contributed by atoms with Crippen LogP contribution in [0, 0.1) is 19.8 Å². The van der Waals surface area contributed by atoms with Crippen LogP contribution in [-0.2, 0) is 34.6 Å². The molecular weight excluding hydrogens is 435 g/mol. The Labute approximate surface area is 148 Å². The summed E-state index contributed by atoms with van der Waals surface area (Å²) in [7, 11) is 0. The maximum Gasteiger partial charge on any atom is 2.00 e. The summed E-state index contributed by atoms with van der Waals surface area (Å²) in [5.74, 6) is 0. The average molecular weight is 455 g/mol. The normalized spacial score (nSPS) is 10.1. The Bertz CT molecular complexity index is 399. The molecule has 0 saturated carbocycles. The molecule has 106 valence electrons. The van der Waals surface area contributed by atoms with Crippen molar-refractivity contribution in [2.45, 2.75) is 13.8 Å². The number of nitrogens with one attached hydrogen (secondary N) is 1. The van der Waals surface area contributed by atoms with Crippen molar-refractivity contribution in [1.82, 2.24) is 9.97 Å². The van der Waals surface area contributed by atoms with Gasteiger partial charge in [0.1, 0.15) is 0 Å². The standard InChI is InChI=1S/C7H5N2.C4H5N.C2H6.CH3.Be.H2S.W/c1-2-4-7-6(3-1)8-5-9-7;1-2-4-5-3-1;1-2;;;;/h1-4H,(H,8,9);1H,3-4H2;1-2H3;1H3;;1H2;/q-1;-2;;-1;+2;;+2/p-1. The molecule has 1 aromatic carbocycles. The molecule has 20 heavy (non-hydrogen) atoms. The fourth-order valence-electron chi connectivity index (χ4n) is 1.15. The second-order valence-electron chi connectivity index (χ2n) is 2.84. The molecule has 0 amide bonds. The summed E-state index contributed by atoms with van der Waals surface area (Å²) in [5, 5.41) is 3.92. The largest absolute Gasteiger partial charge is 2.00 e. The summed E-state index contributed by atoms with van der Waals surface area (Å²) in [6.45, 7) is 5.71. The van der Waals surface area contributed by atoms with E-state index in [0.29, 0.717) is 0 Å². The average Bonchev–Trinajstić information content (AvgIpc) is 3.06. The van der Waals surface area contributed by atoms with Crippen LogP contribution in [0.3, 0.4) is 0 Å². The van der Waals surface area contributed by atoms with Crippen molar-refractivity contribution < 1.29 is 21.1 Å². The Morgan fingerprint density at radius 1 is 1.25 bits per heavy atom. The SMILES string of the molecule is CC.[Be+2].[C-]1=CC[N-]C1.[CH3-].[SH-].[W+2].[c-]1nc2ccccc2[nH]1. The smallest absolute Gasteiger partial charge is 0.813 e. The third kappa shape index (κ3) is 10.4. The molecule has 1 N–H and O–H groups in total. The van der Waals surface area contributed by atoms with E-state index < -0.39 is 0 Å². The van der Waals surface area contributed by atoms with Gasteiger partial charge in [-0.1, -0.05) is 37.0 Å². The van der Waals surface area contributed by atoms with E-state index in [1.54, 1.807) is 0 Å². The number of hydrogen-bond donors (Lipinski definition) is 1. The van der Waals surface area contributed by atoms with Crippen molar-refractivity contribution in [3.05, 3.63) is 55.5 Å².